The minimum absolute atomic E-state index is 0.276. The standard InChI is InChI=1S/C21H13IN2O2S/c1-2-26-21(25)19-18(17(12-24)20(22)27-19)14-9-7-13(8-10-14)16-6-4-3-5-15(16)11-23/h3-10H,2H2,1H3. The third kappa shape index (κ3) is 3.73. The van der Waals surface area contributed by atoms with Gasteiger partial charge >= 0.3 is 5.97 Å². The summed E-state index contributed by atoms with van der Waals surface area (Å²) in [5.41, 5.74) is 4.20. The van der Waals surface area contributed by atoms with Gasteiger partial charge in [-0.05, 0) is 52.3 Å². The summed E-state index contributed by atoms with van der Waals surface area (Å²) in [4.78, 5) is 12.8. The van der Waals surface area contributed by atoms with Crippen molar-refractivity contribution in [2.24, 2.45) is 0 Å². The van der Waals surface area contributed by atoms with E-state index in [9.17, 15) is 15.3 Å². The van der Waals surface area contributed by atoms with Crippen LogP contribution in [0.4, 0.5) is 0 Å². The highest BCUT2D eigenvalue weighted by Gasteiger charge is 2.24. The van der Waals surface area contributed by atoms with Crippen molar-refractivity contribution in [3.05, 3.63) is 67.4 Å². The maximum atomic E-state index is 12.3. The number of nitrogens with zero attached hydrogens (tertiary/aromatic N) is 2. The number of thiophene rings is 1. The van der Waals surface area contributed by atoms with Crippen molar-refractivity contribution in [1.29, 1.82) is 10.5 Å². The Bertz CT molecular complexity index is 1090. The average molecular weight is 484 g/mol. The minimum atomic E-state index is -0.421. The molecule has 0 bridgehead atoms. The van der Waals surface area contributed by atoms with Crippen LogP contribution < -0.4 is 0 Å². The van der Waals surface area contributed by atoms with Gasteiger partial charge in [0, 0.05) is 5.56 Å². The molecule has 1 aromatic heterocycles. The van der Waals surface area contributed by atoms with Crippen LogP contribution in [0, 0.1) is 25.5 Å². The molecule has 0 unspecified atom stereocenters. The SMILES string of the molecule is CCOC(=O)c1sc(I)c(C#N)c1-c1ccc(-c2ccccc2C#N)cc1. The zero-order valence-corrected chi connectivity index (χ0v) is 17.3. The van der Waals surface area contributed by atoms with E-state index < -0.39 is 5.97 Å². The Kier molecular flexibility index (Phi) is 5.90. The number of nitriles is 2. The maximum Gasteiger partial charge on any atom is 0.349 e. The molecular formula is C21H13IN2O2S. The van der Waals surface area contributed by atoms with Crippen molar-refractivity contribution < 1.29 is 9.53 Å². The lowest BCUT2D eigenvalue weighted by Gasteiger charge is -2.08. The molecule has 6 heteroatoms. The van der Waals surface area contributed by atoms with Crippen LogP contribution in [0.2, 0.25) is 0 Å². The van der Waals surface area contributed by atoms with Gasteiger partial charge in [-0.1, -0.05) is 42.5 Å². The third-order valence-electron chi connectivity index (χ3n) is 3.97. The highest BCUT2D eigenvalue weighted by Crippen LogP contribution is 2.38. The first-order valence-corrected chi connectivity index (χ1v) is 9.99. The molecule has 2 aromatic carbocycles. The van der Waals surface area contributed by atoms with Crippen molar-refractivity contribution in [2.45, 2.75) is 6.92 Å². The maximum absolute atomic E-state index is 12.3. The van der Waals surface area contributed by atoms with E-state index in [0.29, 0.717) is 21.6 Å². The predicted molar refractivity (Wildman–Crippen MR) is 113 cm³/mol. The Morgan fingerprint density at radius 2 is 1.74 bits per heavy atom. The fraction of sp³-hybridized carbons (Fsp3) is 0.0952. The topological polar surface area (TPSA) is 73.9 Å². The minimum Gasteiger partial charge on any atom is -0.462 e. The number of ether oxygens (including phenoxy) is 1. The van der Waals surface area contributed by atoms with Gasteiger partial charge in [-0.25, -0.2) is 4.79 Å². The fourth-order valence-electron chi connectivity index (χ4n) is 2.77. The van der Waals surface area contributed by atoms with Crippen LogP contribution in [0.25, 0.3) is 22.3 Å². The Balaban J connectivity index is 2.10. The van der Waals surface area contributed by atoms with Crippen LogP contribution in [-0.4, -0.2) is 12.6 Å². The first-order valence-electron chi connectivity index (χ1n) is 8.10. The zero-order chi connectivity index (χ0) is 19.4. The molecule has 1 heterocycles. The van der Waals surface area contributed by atoms with Gasteiger partial charge in [0.2, 0.25) is 0 Å². The number of hydrogen-bond donors (Lipinski definition) is 0. The van der Waals surface area contributed by atoms with Crippen LogP contribution in [0.15, 0.2) is 48.5 Å². The van der Waals surface area contributed by atoms with Crippen molar-refractivity contribution in [2.75, 3.05) is 6.61 Å². The molecule has 132 valence electrons. The lowest BCUT2D eigenvalue weighted by Crippen LogP contribution is -2.04. The summed E-state index contributed by atoms with van der Waals surface area (Å²) in [6.07, 6.45) is 0. The van der Waals surface area contributed by atoms with E-state index in [1.165, 1.54) is 11.3 Å². The molecular weight excluding hydrogens is 471 g/mol. The summed E-state index contributed by atoms with van der Waals surface area (Å²) in [5, 5.41) is 18.8. The quantitative estimate of drug-likeness (QED) is 0.357. The molecule has 0 saturated heterocycles. The number of rotatable bonds is 4. The summed E-state index contributed by atoms with van der Waals surface area (Å²) in [5.74, 6) is -0.421. The van der Waals surface area contributed by atoms with Gasteiger partial charge in [-0.15, -0.1) is 11.3 Å². The monoisotopic (exact) mass is 484 g/mol. The summed E-state index contributed by atoms with van der Waals surface area (Å²) in [7, 11) is 0. The molecule has 27 heavy (non-hydrogen) atoms. The highest BCUT2D eigenvalue weighted by molar-refractivity contribution is 14.1. The van der Waals surface area contributed by atoms with E-state index in [1.807, 2.05) is 42.5 Å². The van der Waals surface area contributed by atoms with Gasteiger partial charge in [0.1, 0.15) is 10.9 Å². The summed E-state index contributed by atoms with van der Waals surface area (Å²) in [6.45, 7) is 2.03. The van der Waals surface area contributed by atoms with Gasteiger partial charge in [-0.3, -0.25) is 0 Å². The van der Waals surface area contributed by atoms with Crippen LogP contribution in [0.3, 0.4) is 0 Å². The van der Waals surface area contributed by atoms with Crippen molar-refractivity contribution >= 4 is 39.9 Å². The summed E-state index contributed by atoms with van der Waals surface area (Å²) >= 11 is 3.33. The van der Waals surface area contributed by atoms with Gasteiger partial charge in [0.25, 0.3) is 0 Å². The Morgan fingerprint density at radius 1 is 1.07 bits per heavy atom. The summed E-state index contributed by atoms with van der Waals surface area (Å²) < 4.78 is 5.91. The molecule has 3 aromatic rings. The van der Waals surface area contributed by atoms with Crippen LogP contribution in [0.1, 0.15) is 27.7 Å². The Hall–Kier alpha value is -2.68. The summed E-state index contributed by atoms with van der Waals surface area (Å²) in [6, 6.07) is 19.3. The number of carbonyl (C=O) groups excluding carboxylic acids is 1. The third-order valence-corrected chi connectivity index (χ3v) is 6.13. The van der Waals surface area contributed by atoms with E-state index in [0.717, 1.165) is 19.6 Å². The second-order valence-electron chi connectivity index (χ2n) is 5.52. The number of benzene rings is 2. The molecule has 0 spiro atoms. The van der Waals surface area contributed by atoms with Crippen molar-refractivity contribution in [1.82, 2.24) is 0 Å². The predicted octanol–water partition coefficient (Wildman–Crippen LogP) is 5.61. The molecule has 0 amide bonds. The van der Waals surface area contributed by atoms with Crippen LogP contribution >= 0.6 is 33.9 Å². The van der Waals surface area contributed by atoms with Crippen molar-refractivity contribution in [3.8, 4) is 34.4 Å². The lowest BCUT2D eigenvalue weighted by molar-refractivity contribution is 0.0533. The normalized spacial score (nSPS) is 10.1. The second kappa shape index (κ2) is 8.34. The van der Waals surface area contributed by atoms with Gasteiger partial charge in [0.15, 0.2) is 0 Å². The van der Waals surface area contributed by atoms with E-state index in [4.69, 9.17) is 4.74 Å². The number of carbonyl (C=O) groups is 1. The number of halogens is 1. The Morgan fingerprint density at radius 3 is 2.37 bits per heavy atom. The molecule has 3 rings (SSSR count). The molecule has 0 N–H and O–H groups in total. The smallest absolute Gasteiger partial charge is 0.349 e. The van der Waals surface area contributed by atoms with Gasteiger partial charge in [-0.2, -0.15) is 10.5 Å². The van der Waals surface area contributed by atoms with Crippen LogP contribution in [-0.2, 0) is 4.74 Å². The second-order valence-corrected chi connectivity index (χ2v) is 8.35. The lowest BCUT2D eigenvalue weighted by atomic mass is 9.96. The van der Waals surface area contributed by atoms with E-state index in [-0.39, 0.29) is 6.61 Å². The molecule has 0 atom stereocenters. The zero-order valence-electron chi connectivity index (χ0n) is 14.3. The highest BCUT2D eigenvalue weighted by atomic mass is 127. The molecule has 0 aliphatic heterocycles. The van der Waals surface area contributed by atoms with E-state index in [1.54, 1.807) is 13.0 Å². The number of esters is 1. The van der Waals surface area contributed by atoms with E-state index in [2.05, 4.69) is 34.7 Å². The Labute approximate surface area is 174 Å². The molecule has 0 saturated carbocycles. The first-order chi connectivity index (χ1) is 13.1. The van der Waals surface area contributed by atoms with E-state index >= 15 is 0 Å². The van der Waals surface area contributed by atoms with Crippen LogP contribution in [0.5, 0.6) is 0 Å². The average Bonchev–Trinajstić information content (AvgIpc) is 3.04. The number of hydrogen-bond acceptors (Lipinski definition) is 5. The first kappa shape index (κ1) is 19.1. The molecule has 0 fully saturated rings. The van der Waals surface area contributed by atoms with Crippen molar-refractivity contribution in [3.63, 3.8) is 0 Å². The molecule has 0 aliphatic carbocycles. The van der Waals surface area contributed by atoms with Gasteiger partial charge in [0.05, 0.1) is 26.7 Å². The van der Waals surface area contributed by atoms with Gasteiger partial charge < -0.3 is 4.74 Å². The molecule has 4 nitrogen and oxygen atoms in total. The fourth-order valence-corrected chi connectivity index (χ4v) is 4.71. The largest absolute Gasteiger partial charge is 0.462 e. The molecule has 0 radical (unpaired) electrons. The molecule has 0 aliphatic rings.